The number of rotatable bonds is 8. The van der Waals surface area contributed by atoms with Crippen LogP contribution in [0, 0.1) is 0 Å². The Morgan fingerprint density at radius 1 is 1.30 bits per heavy atom. The van der Waals surface area contributed by atoms with Crippen molar-refractivity contribution in [3.05, 3.63) is 24.3 Å². The topological polar surface area (TPSA) is 133 Å². The first-order valence-electron chi connectivity index (χ1n) is 9.89. The molecule has 30 heavy (non-hydrogen) atoms. The van der Waals surface area contributed by atoms with Crippen molar-refractivity contribution in [1.29, 1.82) is 0 Å². The molecule has 0 radical (unpaired) electrons. The zero-order valence-corrected chi connectivity index (χ0v) is 18.4. The molecule has 0 bridgehead atoms. The van der Waals surface area contributed by atoms with Crippen LogP contribution in [0.25, 0.3) is 0 Å². The Morgan fingerprint density at radius 2 is 2.00 bits per heavy atom. The third kappa shape index (κ3) is 4.62. The fourth-order valence-corrected chi connectivity index (χ4v) is 7.20. The highest BCUT2D eigenvalue weighted by Gasteiger charge is 2.48. The number of nitrogens with one attached hydrogen (secondary N) is 1. The van der Waals surface area contributed by atoms with Crippen LogP contribution in [0.2, 0.25) is 0 Å². The van der Waals surface area contributed by atoms with E-state index in [0.29, 0.717) is 18.8 Å². The SMILES string of the molecule is CCCCOc1ccc(S(=O)(=O)N2C[C@@H](N3CCCS3(=O)=O)C[C@@H]2C(=O)NO)cc1. The van der Waals surface area contributed by atoms with Gasteiger partial charge in [0.1, 0.15) is 11.8 Å². The van der Waals surface area contributed by atoms with Crippen molar-refractivity contribution >= 4 is 26.0 Å². The first kappa shape index (κ1) is 22.9. The quantitative estimate of drug-likeness (QED) is 0.328. The number of sulfonamides is 2. The van der Waals surface area contributed by atoms with E-state index in [4.69, 9.17) is 9.94 Å². The van der Waals surface area contributed by atoms with E-state index in [0.717, 1.165) is 17.1 Å². The number of unbranched alkanes of at least 4 members (excludes halogenated alkanes) is 1. The summed E-state index contributed by atoms with van der Waals surface area (Å²) < 4.78 is 58.7. The molecule has 2 atom stereocenters. The van der Waals surface area contributed by atoms with Gasteiger partial charge in [0.05, 0.1) is 17.3 Å². The van der Waals surface area contributed by atoms with Gasteiger partial charge in [-0.05, 0) is 43.5 Å². The summed E-state index contributed by atoms with van der Waals surface area (Å²) in [6.45, 7) is 2.70. The molecule has 0 spiro atoms. The molecule has 1 aromatic rings. The second kappa shape index (κ2) is 9.18. The van der Waals surface area contributed by atoms with Gasteiger partial charge < -0.3 is 4.74 Å². The van der Waals surface area contributed by atoms with Crippen molar-refractivity contribution in [3.8, 4) is 5.75 Å². The number of carbonyl (C=O) groups is 1. The molecule has 0 saturated carbocycles. The lowest BCUT2D eigenvalue weighted by Gasteiger charge is -2.23. The smallest absolute Gasteiger partial charge is 0.261 e. The maximum atomic E-state index is 13.2. The lowest BCUT2D eigenvalue weighted by Crippen LogP contribution is -2.45. The molecule has 2 aliphatic rings. The molecule has 0 unspecified atom stereocenters. The summed E-state index contributed by atoms with van der Waals surface area (Å²) in [7, 11) is -7.58. The molecule has 3 rings (SSSR count). The fourth-order valence-electron chi connectivity index (χ4n) is 3.82. The highest BCUT2D eigenvalue weighted by atomic mass is 32.2. The first-order chi connectivity index (χ1) is 14.2. The van der Waals surface area contributed by atoms with Gasteiger partial charge in [-0.3, -0.25) is 10.0 Å². The number of amides is 1. The number of carbonyl (C=O) groups excluding carboxylic acids is 1. The van der Waals surface area contributed by atoms with Crippen LogP contribution >= 0.6 is 0 Å². The molecule has 1 amide bonds. The maximum Gasteiger partial charge on any atom is 0.261 e. The van der Waals surface area contributed by atoms with Crippen molar-refractivity contribution in [2.45, 2.75) is 49.6 Å². The van der Waals surface area contributed by atoms with Gasteiger partial charge in [0, 0.05) is 19.1 Å². The number of nitrogens with zero attached hydrogens (tertiary/aromatic N) is 2. The van der Waals surface area contributed by atoms with E-state index >= 15 is 0 Å². The molecule has 10 nitrogen and oxygen atoms in total. The highest BCUT2D eigenvalue weighted by Crippen LogP contribution is 2.32. The largest absolute Gasteiger partial charge is 0.494 e. The second-order valence-electron chi connectivity index (χ2n) is 7.41. The third-order valence-electron chi connectivity index (χ3n) is 5.39. The van der Waals surface area contributed by atoms with Crippen LogP contribution in [0.15, 0.2) is 29.2 Å². The van der Waals surface area contributed by atoms with Crippen molar-refractivity contribution < 1.29 is 31.6 Å². The van der Waals surface area contributed by atoms with Gasteiger partial charge in [0.2, 0.25) is 20.0 Å². The fraction of sp³-hybridized carbons (Fsp3) is 0.611. The van der Waals surface area contributed by atoms with Gasteiger partial charge in [0.15, 0.2) is 0 Å². The van der Waals surface area contributed by atoms with Crippen molar-refractivity contribution in [2.75, 3.05) is 25.4 Å². The molecular formula is C18H27N3O7S2. The third-order valence-corrected chi connectivity index (χ3v) is 9.28. The molecule has 2 N–H and O–H groups in total. The minimum Gasteiger partial charge on any atom is -0.494 e. The molecule has 168 valence electrons. The Labute approximate surface area is 176 Å². The van der Waals surface area contributed by atoms with Crippen LogP contribution in [-0.2, 0) is 24.8 Å². The maximum absolute atomic E-state index is 13.2. The second-order valence-corrected chi connectivity index (χ2v) is 11.3. The summed E-state index contributed by atoms with van der Waals surface area (Å²) in [5, 5.41) is 9.07. The predicted molar refractivity (Wildman–Crippen MR) is 108 cm³/mol. The van der Waals surface area contributed by atoms with Crippen LogP contribution in [0.1, 0.15) is 32.6 Å². The van der Waals surface area contributed by atoms with Gasteiger partial charge in [-0.15, -0.1) is 0 Å². The Morgan fingerprint density at radius 3 is 2.57 bits per heavy atom. The van der Waals surface area contributed by atoms with E-state index in [9.17, 15) is 21.6 Å². The molecular weight excluding hydrogens is 434 g/mol. The zero-order valence-electron chi connectivity index (χ0n) is 16.7. The molecule has 0 aromatic heterocycles. The van der Waals surface area contributed by atoms with Crippen molar-refractivity contribution in [1.82, 2.24) is 14.1 Å². The van der Waals surface area contributed by atoms with E-state index in [1.807, 2.05) is 6.92 Å². The van der Waals surface area contributed by atoms with Crippen molar-refractivity contribution in [2.24, 2.45) is 0 Å². The zero-order chi connectivity index (χ0) is 21.9. The van der Waals surface area contributed by atoms with Gasteiger partial charge >= 0.3 is 0 Å². The summed E-state index contributed by atoms with van der Waals surface area (Å²) in [5.74, 6) is -0.348. The summed E-state index contributed by atoms with van der Waals surface area (Å²) in [6, 6.07) is 4.01. The lowest BCUT2D eigenvalue weighted by molar-refractivity contribution is -0.132. The summed E-state index contributed by atoms with van der Waals surface area (Å²) in [4.78, 5) is 12.1. The van der Waals surface area contributed by atoms with Gasteiger partial charge in [-0.1, -0.05) is 13.3 Å². The normalized spacial score (nSPS) is 24.7. The monoisotopic (exact) mass is 461 g/mol. The molecule has 2 heterocycles. The van der Waals surface area contributed by atoms with E-state index in [2.05, 4.69) is 0 Å². The first-order valence-corrected chi connectivity index (χ1v) is 12.9. The van der Waals surface area contributed by atoms with E-state index in [-0.39, 0.29) is 30.2 Å². The number of benzene rings is 1. The van der Waals surface area contributed by atoms with Crippen molar-refractivity contribution in [3.63, 3.8) is 0 Å². The van der Waals surface area contributed by atoms with Crippen LogP contribution in [0.4, 0.5) is 0 Å². The number of hydrogen-bond acceptors (Lipinski definition) is 7. The average Bonchev–Trinajstić information content (AvgIpc) is 3.31. The van der Waals surface area contributed by atoms with Crippen LogP contribution in [-0.4, -0.2) is 74.1 Å². The summed E-state index contributed by atoms with van der Waals surface area (Å²) in [5.41, 5.74) is 1.50. The van der Waals surface area contributed by atoms with Gasteiger partial charge in [-0.25, -0.2) is 22.3 Å². The molecule has 2 aliphatic heterocycles. The van der Waals surface area contributed by atoms with E-state index < -0.39 is 38.0 Å². The minimum atomic E-state index is -4.10. The predicted octanol–water partition coefficient (Wildman–Crippen LogP) is 0.538. The highest BCUT2D eigenvalue weighted by molar-refractivity contribution is 7.89. The van der Waals surface area contributed by atoms with Crippen LogP contribution in [0.5, 0.6) is 5.75 Å². The summed E-state index contributed by atoms with van der Waals surface area (Å²) in [6.07, 6.45) is 2.29. The molecule has 12 heteroatoms. The number of hydrogen-bond donors (Lipinski definition) is 2. The molecule has 2 saturated heterocycles. The minimum absolute atomic E-state index is 0.00655. The molecule has 1 aromatic carbocycles. The van der Waals surface area contributed by atoms with Crippen LogP contribution < -0.4 is 10.2 Å². The Hall–Kier alpha value is -1.73. The number of ether oxygens (including phenoxy) is 1. The van der Waals surface area contributed by atoms with E-state index in [1.165, 1.54) is 21.9 Å². The van der Waals surface area contributed by atoms with Gasteiger partial charge in [0.25, 0.3) is 5.91 Å². The Kier molecular flexibility index (Phi) is 7.02. The number of hydroxylamine groups is 1. The molecule has 0 aliphatic carbocycles. The Bertz CT molecular complexity index is 964. The van der Waals surface area contributed by atoms with E-state index in [1.54, 1.807) is 12.1 Å². The standard InChI is InChI=1S/C18H27N3O7S2/c1-2-3-10-28-15-5-7-16(8-6-15)30(26,27)21-13-14(12-17(21)18(22)19-23)20-9-4-11-29(20,24)25/h5-8,14,17,23H,2-4,9-13H2,1H3,(H,19,22)/t14-,17+/m0/s1. The summed E-state index contributed by atoms with van der Waals surface area (Å²) >= 11 is 0. The molecule has 2 fully saturated rings. The Balaban J connectivity index is 1.84. The van der Waals surface area contributed by atoms with Crippen LogP contribution in [0.3, 0.4) is 0 Å². The lowest BCUT2D eigenvalue weighted by atomic mass is 10.1. The van der Waals surface area contributed by atoms with Gasteiger partial charge in [-0.2, -0.15) is 8.61 Å². The average molecular weight is 462 g/mol.